The van der Waals surface area contributed by atoms with Crippen LogP contribution in [0.1, 0.15) is 0 Å². The minimum absolute atomic E-state index is 1.52. The van der Waals surface area contributed by atoms with Crippen molar-refractivity contribution in [1.82, 2.24) is 0 Å². The lowest BCUT2D eigenvalue weighted by molar-refractivity contribution is -0.299. The van der Waals surface area contributed by atoms with Gasteiger partial charge in [-0.25, -0.2) is 29.9 Å². The predicted molar refractivity (Wildman–Crippen MR) is 131 cm³/mol. The molecule has 2 fully saturated rings. The van der Waals surface area contributed by atoms with E-state index in [2.05, 4.69) is 25.1 Å². The average Bonchev–Trinajstić information content (AvgIpc) is 3.11. The number of carboxylic acid groups (broad SMARTS) is 1. The third-order valence-electron chi connectivity index (χ3n) is 5.13. The van der Waals surface area contributed by atoms with Crippen molar-refractivity contribution in [2.45, 2.75) is 55.1 Å². The summed E-state index contributed by atoms with van der Waals surface area (Å²) < 4.78 is 230. The molecule has 2 saturated heterocycles. The van der Waals surface area contributed by atoms with E-state index in [1.165, 1.54) is 0 Å². The molecule has 2 aliphatic rings. The average molecular weight is 821 g/mol. The van der Waals surface area contributed by atoms with Crippen molar-refractivity contribution in [3.8, 4) is 0 Å². The molecule has 47 heavy (non-hydrogen) atoms. The van der Waals surface area contributed by atoms with Crippen LogP contribution >= 0.6 is 0 Å². The molecular formula is C12H20O29S6. The van der Waals surface area contributed by atoms with Crippen LogP contribution in [0, 0.1) is 0 Å². The van der Waals surface area contributed by atoms with Gasteiger partial charge in [0, 0.05) is 0 Å². The SMILES string of the molecule is O=C(O)C1OC(OC2C(COS(=O)(=O)O)OC(COS(=O)(=O)O)C2OS(=O)(=O)O)C(OS(=O)(=O)O)C(OS(=O)(=O)O)C1OS(=O)(=O)O. The first kappa shape index (κ1) is 41.7. The fourth-order valence-electron chi connectivity index (χ4n) is 3.81. The first-order chi connectivity index (χ1) is 20.8. The van der Waals surface area contributed by atoms with Crippen LogP contribution in [-0.4, -0.2) is 157 Å². The second kappa shape index (κ2) is 14.8. The van der Waals surface area contributed by atoms with E-state index in [0.717, 1.165) is 0 Å². The van der Waals surface area contributed by atoms with Gasteiger partial charge in [-0.15, -0.1) is 0 Å². The zero-order valence-electron chi connectivity index (χ0n) is 21.7. The van der Waals surface area contributed by atoms with Crippen molar-refractivity contribution < 1.29 is 127 Å². The molecule has 29 nitrogen and oxygen atoms in total. The van der Waals surface area contributed by atoms with Crippen LogP contribution in [0.15, 0.2) is 0 Å². The molecule has 0 radical (unpaired) electrons. The summed E-state index contributed by atoms with van der Waals surface area (Å²) in [5.74, 6) is -2.40. The lowest BCUT2D eigenvalue weighted by atomic mass is 9.98. The Bertz CT molecular complexity index is 1800. The largest absolute Gasteiger partial charge is 0.479 e. The third kappa shape index (κ3) is 14.5. The molecule has 2 heterocycles. The number of ether oxygens (including phenoxy) is 3. The first-order valence-corrected chi connectivity index (χ1v) is 19.1. The highest BCUT2D eigenvalue weighted by molar-refractivity contribution is 7.82. The Balaban J connectivity index is 2.78. The highest BCUT2D eigenvalue weighted by atomic mass is 32.3. The molecule has 278 valence electrons. The minimum atomic E-state index is -5.99. The summed E-state index contributed by atoms with van der Waals surface area (Å²) in [6, 6.07) is 0. The number of carbonyl (C=O) groups is 1. The highest BCUT2D eigenvalue weighted by Crippen LogP contribution is 2.36. The molecule has 7 N–H and O–H groups in total. The van der Waals surface area contributed by atoms with Gasteiger partial charge in [-0.3, -0.25) is 27.3 Å². The molecule has 35 heteroatoms. The molecule has 2 rings (SSSR count). The Morgan fingerprint density at radius 3 is 1.23 bits per heavy atom. The normalized spacial score (nSPS) is 31.5. The Labute approximate surface area is 263 Å². The molecule has 0 spiro atoms. The van der Waals surface area contributed by atoms with Crippen LogP contribution < -0.4 is 0 Å². The fraction of sp³-hybridized carbons (Fsp3) is 0.917. The maximum atomic E-state index is 11.9. The highest BCUT2D eigenvalue weighted by Gasteiger charge is 2.59. The molecule has 0 aromatic carbocycles. The van der Waals surface area contributed by atoms with Crippen molar-refractivity contribution >= 4 is 68.4 Å². The van der Waals surface area contributed by atoms with Gasteiger partial charge in [-0.05, 0) is 0 Å². The van der Waals surface area contributed by atoms with E-state index in [9.17, 15) is 74.1 Å². The number of hydrogen-bond donors (Lipinski definition) is 7. The second-order valence-electron chi connectivity index (χ2n) is 8.46. The predicted octanol–water partition coefficient (Wildman–Crippen LogP) is -5.66. The van der Waals surface area contributed by atoms with Gasteiger partial charge in [-0.1, -0.05) is 0 Å². The quantitative estimate of drug-likeness (QED) is 0.0672. The third-order valence-corrected chi connectivity index (χ3v) is 7.86. The van der Waals surface area contributed by atoms with Crippen molar-refractivity contribution in [1.29, 1.82) is 0 Å². The van der Waals surface area contributed by atoms with Gasteiger partial charge in [0.15, 0.2) is 18.5 Å². The zero-order valence-corrected chi connectivity index (χ0v) is 26.6. The van der Waals surface area contributed by atoms with Crippen molar-refractivity contribution in [2.24, 2.45) is 0 Å². The summed E-state index contributed by atoms with van der Waals surface area (Å²) in [7, 11) is -34.5. The molecule has 9 unspecified atom stereocenters. The van der Waals surface area contributed by atoms with E-state index in [1.807, 2.05) is 0 Å². The van der Waals surface area contributed by atoms with Crippen molar-refractivity contribution in [3.63, 3.8) is 0 Å². The lowest BCUT2D eigenvalue weighted by Gasteiger charge is -2.43. The van der Waals surface area contributed by atoms with E-state index >= 15 is 0 Å². The summed E-state index contributed by atoms with van der Waals surface area (Å²) >= 11 is 0. The minimum Gasteiger partial charge on any atom is -0.479 e. The van der Waals surface area contributed by atoms with E-state index in [4.69, 9.17) is 27.9 Å². The zero-order chi connectivity index (χ0) is 36.6. The Morgan fingerprint density at radius 1 is 0.489 bits per heavy atom. The van der Waals surface area contributed by atoms with E-state index in [1.54, 1.807) is 0 Å². The van der Waals surface area contributed by atoms with Crippen LogP contribution in [0.3, 0.4) is 0 Å². The second-order valence-corrected chi connectivity index (χ2v) is 14.8. The number of carboxylic acids is 1. The van der Waals surface area contributed by atoms with E-state index < -0.39 is 137 Å². The summed E-state index contributed by atoms with van der Waals surface area (Å²) in [5.41, 5.74) is 0. The van der Waals surface area contributed by atoms with Gasteiger partial charge in [0.2, 0.25) is 0 Å². The standard InChI is InChI=1S/C12H20O29S6/c13-11(14)9-7(39-45(24,25)26)8(40-46(27,28)29)10(41-47(30,31)32)12(37-9)36-5-3(1-33-42(15,16)17)35-4(2-34-43(18,19)20)6(5)38-44(21,22)23/h3-10,12H,1-2H2,(H,13,14)(H,15,16,17)(H,18,19,20)(H,21,22,23)(H,24,25,26)(H,27,28,29)(H,30,31,32). The maximum absolute atomic E-state index is 11.9. The summed E-state index contributed by atoms with van der Waals surface area (Å²) in [4.78, 5) is 11.9. The van der Waals surface area contributed by atoms with Crippen LogP contribution in [-0.2, 0) is 106 Å². The van der Waals surface area contributed by atoms with Gasteiger partial charge >= 0.3 is 68.4 Å². The van der Waals surface area contributed by atoms with Crippen molar-refractivity contribution in [2.75, 3.05) is 13.2 Å². The Hall–Kier alpha value is -1.43. The van der Waals surface area contributed by atoms with Crippen LogP contribution in [0.25, 0.3) is 0 Å². The van der Waals surface area contributed by atoms with Crippen LogP contribution in [0.5, 0.6) is 0 Å². The smallest absolute Gasteiger partial charge is 0.397 e. The maximum Gasteiger partial charge on any atom is 0.397 e. The molecule has 2 aliphatic heterocycles. The first-order valence-electron chi connectivity index (χ1n) is 10.9. The van der Waals surface area contributed by atoms with E-state index in [-0.39, 0.29) is 0 Å². The number of hydrogen-bond acceptors (Lipinski definition) is 22. The molecular weight excluding hydrogens is 801 g/mol. The van der Waals surface area contributed by atoms with Gasteiger partial charge in [0.1, 0.15) is 36.6 Å². The Kier molecular flexibility index (Phi) is 13.2. The van der Waals surface area contributed by atoms with Gasteiger partial charge in [-0.2, -0.15) is 50.5 Å². The number of rotatable bonds is 17. The van der Waals surface area contributed by atoms with Crippen LogP contribution in [0.4, 0.5) is 0 Å². The monoisotopic (exact) mass is 820 g/mol. The number of aliphatic carboxylic acids is 1. The lowest BCUT2D eigenvalue weighted by Crippen LogP contribution is -2.64. The summed E-state index contributed by atoms with van der Waals surface area (Å²) in [6.45, 7) is -3.07. The van der Waals surface area contributed by atoms with E-state index in [0.29, 0.717) is 0 Å². The molecule has 0 amide bonds. The molecule has 0 aliphatic carbocycles. The molecule has 0 aromatic rings. The summed E-state index contributed by atoms with van der Waals surface area (Å²) in [5, 5.41) is 9.55. The molecule has 0 saturated carbocycles. The Morgan fingerprint density at radius 2 is 0.851 bits per heavy atom. The fourth-order valence-corrected chi connectivity index (χ4v) is 6.41. The van der Waals surface area contributed by atoms with Gasteiger partial charge in [0.25, 0.3) is 0 Å². The summed E-state index contributed by atoms with van der Waals surface area (Å²) in [6.07, 6.45) is -25.3. The van der Waals surface area contributed by atoms with Crippen LogP contribution in [0.2, 0.25) is 0 Å². The van der Waals surface area contributed by atoms with Gasteiger partial charge < -0.3 is 19.3 Å². The molecule has 0 aromatic heterocycles. The van der Waals surface area contributed by atoms with Crippen molar-refractivity contribution in [3.05, 3.63) is 0 Å². The molecule has 9 atom stereocenters. The van der Waals surface area contributed by atoms with Gasteiger partial charge in [0.05, 0.1) is 13.2 Å². The molecule has 0 bridgehead atoms. The topological polar surface area (TPSA) is 447 Å².